The summed E-state index contributed by atoms with van der Waals surface area (Å²) < 4.78 is 66.1. The van der Waals surface area contributed by atoms with Gasteiger partial charge in [0.25, 0.3) is 0 Å². The quantitative estimate of drug-likeness (QED) is 0.605. The van der Waals surface area contributed by atoms with Crippen molar-refractivity contribution in [2.75, 3.05) is 10.6 Å². The molecule has 166 valence electrons. The Morgan fingerprint density at radius 3 is 2.32 bits per heavy atom. The van der Waals surface area contributed by atoms with E-state index in [0.29, 0.717) is 0 Å². The average Bonchev–Trinajstić information content (AvgIpc) is 3.54. The molecule has 2 fully saturated rings. The number of nitrogens with one attached hydrogen (secondary N) is 2. The van der Waals surface area contributed by atoms with Crippen LogP contribution in [-0.2, 0) is 6.18 Å². The first-order valence-corrected chi connectivity index (χ1v) is 10.00. The van der Waals surface area contributed by atoms with Gasteiger partial charge in [-0.1, -0.05) is 11.6 Å². The standard InChI is InChI=1S/C20H21F5N6/c1-11(12-5-6-12)26-17-29-16(14-3-2-4-15(28-14)20(23,24)25)30-18(31-17)27-13-7-9-19(21,22)10-8-13/h2-4,13H,5-10H2,1H3,(H2,26,27,29,30,31). The summed E-state index contributed by atoms with van der Waals surface area (Å²) >= 11 is 0. The van der Waals surface area contributed by atoms with Gasteiger partial charge in [0.2, 0.25) is 17.8 Å². The molecule has 2 aliphatic rings. The van der Waals surface area contributed by atoms with Crippen LogP contribution in [0.3, 0.4) is 0 Å². The van der Waals surface area contributed by atoms with E-state index in [1.165, 1.54) is 17.7 Å². The van der Waals surface area contributed by atoms with Crippen molar-refractivity contribution in [3.05, 3.63) is 35.2 Å². The fourth-order valence-electron chi connectivity index (χ4n) is 3.39. The fourth-order valence-corrected chi connectivity index (χ4v) is 3.39. The molecule has 2 saturated carbocycles. The van der Waals surface area contributed by atoms with E-state index in [2.05, 4.69) is 30.6 Å². The molecular weight excluding hydrogens is 419 g/mol. The van der Waals surface area contributed by atoms with Crippen LogP contribution in [0.5, 0.6) is 0 Å². The lowest BCUT2D eigenvalue weighted by Gasteiger charge is -2.28. The predicted octanol–water partition coefficient (Wildman–Crippen LogP) is 5.42. The van der Waals surface area contributed by atoms with Crippen LogP contribution in [0.1, 0.15) is 51.1 Å². The van der Waals surface area contributed by atoms with Crippen LogP contribution < -0.4 is 10.6 Å². The van der Waals surface area contributed by atoms with Crippen molar-refractivity contribution in [1.29, 1.82) is 0 Å². The largest absolute Gasteiger partial charge is 0.433 e. The summed E-state index contributed by atoms with van der Waals surface area (Å²) in [6.07, 6.45) is -2.68. The monoisotopic (exact) mass is 440 g/mol. The molecule has 0 amide bonds. The third-order valence-electron chi connectivity index (χ3n) is 5.28. The van der Waals surface area contributed by atoms with E-state index in [4.69, 9.17) is 0 Å². The van der Waals surface area contributed by atoms with Gasteiger partial charge in [0.1, 0.15) is 11.4 Å². The number of hydrogen-bond donors (Lipinski definition) is 2. The van der Waals surface area contributed by atoms with Crippen molar-refractivity contribution in [3.63, 3.8) is 0 Å². The topological polar surface area (TPSA) is 75.6 Å². The van der Waals surface area contributed by atoms with Gasteiger partial charge in [-0.2, -0.15) is 28.1 Å². The zero-order valence-electron chi connectivity index (χ0n) is 16.7. The summed E-state index contributed by atoms with van der Waals surface area (Å²) in [6.45, 7) is 1.87. The van der Waals surface area contributed by atoms with Gasteiger partial charge in [0, 0.05) is 24.6 Å². The van der Waals surface area contributed by atoms with E-state index in [1.54, 1.807) is 0 Å². The van der Waals surface area contributed by atoms with E-state index >= 15 is 0 Å². The summed E-state index contributed by atoms with van der Waals surface area (Å²) in [5.74, 6) is -2.45. The third kappa shape index (κ3) is 5.45. The molecule has 2 aromatic rings. The highest BCUT2D eigenvalue weighted by Gasteiger charge is 2.35. The van der Waals surface area contributed by atoms with E-state index in [-0.39, 0.29) is 55.1 Å². The summed E-state index contributed by atoms with van der Waals surface area (Å²) in [5.41, 5.74) is 0.969. The number of nitrogens with zero attached hydrogens (tertiary/aromatic N) is 4. The Morgan fingerprint density at radius 2 is 1.68 bits per heavy atom. The van der Waals surface area contributed by atoms with Gasteiger partial charge >= 0.3 is 6.18 Å². The van der Waals surface area contributed by atoms with Crippen molar-refractivity contribution < 1.29 is 22.0 Å². The number of hydrogen-bond acceptors (Lipinski definition) is 6. The molecule has 2 aromatic heterocycles. The van der Waals surface area contributed by atoms with E-state index in [1.807, 2.05) is 6.92 Å². The van der Waals surface area contributed by atoms with Crippen molar-refractivity contribution in [2.45, 2.75) is 63.6 Å². The second-order valence-electron chi connectivity index (χ2n) is 7.84. The summed E-state index contributed by atoms with van der Waals surface area (Å²) in [5, 5.41) is 6.09. The minimum atomic E-state index is -4.61. The van der Waals surface area contributed by atoms with Gasteiger partial charge in [-0.25, -0.2) is 13.8 Å². The van der Waals surface area contributed by atoms with Crippen molar-refractivity contribution >= 4 is 11.9 Å². The maximum atomic E-state index is 13.4. The Kier molecular flexibility index (Phi) is 5.52. The predicted molar refractivity (Wildman–Crippen MR) is 104 cm³/mol. The number of anilines is 2. The van der Waals surface area contributed by atoms with Gasteiger partial charge < -0.3 is 10.6 Å². The van der Waals surface area contributed by atoms with Gasteiger partial charge in [-0.3, -0.25) is 0 Å². The highest BCUT2D eigenvalue weighted by Crippen LogP contribution is 2.35. The number of aromatic nitrogens is 4. The third-order valence-corrected chi connectivity index (χ3v) is 5.28. The first-order chi connectivity index (χ1) is 14.6. The first-order valence-electron chi connectivity index (χ1n) is 10.00. The molecule has 4 rings (SSSR count). The normalized spacial score (nSPS) is 18.6. The molecule has 0 aliphatic heterocycles. The van der Waals surface area contributed by atoms with Gasteiger partial charge in [-0.15, -0.1) is 0 Å². The SMILES string of the molecule is CC(Nc1nc(NC2CCC(F)(F)CC2)nc(-c2cccc(C(F)(F)F)n2)n1)=C1CC1. The molecule has 0 unspecified atom stereocenters. The average molecular weight is 440 g/mol. The maximum Gasteiger partial charge on any atom is 0.433 e. The van der Waals surface area contributed by atoms with Crippen LogP contribution in [0.4, 0.5) is 33.8 Å². The second kappa shape index (κ2) is 8.01. The molecule has 2 heterocycles. The summed E-state index contributed by atoms with van der Waals surface area (Å²) in [4.78, 5) is 16.4. The van der Waals surface area contributed by atoms with Gasteiger partial charge in [-0.05, 0) is 44.7 Å². The molecular formula is C20H21F5N6. The van der Waals surface area contributed by atoms with Crippen LogP contribution in [0, 0.1) is 0 Å². The molecule has 0 atom stereocenters. The molecule has 0 spiro atoms. The lowest BCUT2D eigenvalue weighted by molar-refractivity contribution is -0.141. The van der Waals surface area contributed by atoms with Crippen LogP contribution >= 0.6 is 0 Å². The Hall–Kier alpha value is -2.85. The Balaban J connectivity index is 1.64. The molecule has 2 aliphatic carbocycles. The lowest BCUT2D eigenvalue weighted by Crippen LogP contribution is -2.32. The summed E-state index contributed by atoms with van der Waals surface area (Å²) in [6, 6.07) is 3.22. The van der Waals surface area contributed by atoms with E-state index < -0.39 is 17.8 Å². The Labute approximate surface area is 175 Å². The molecule has 0 bridgehead atoms. The lowest BCUT2D eigenvalue weighted by atomic mass is 9.92. The minimum absolute atomic E-state index is 0.0409. The highest BCUT2D eigenvalue weighted by molar-refractivity contribution is 5.55. The fraction of sp³-hybridized carbons (Fsp3) is 0.500. The maximum absolute atomic E-state index is 13.4. The van der Waals surface area contributed by atoms with E-state index in [9.17, 15) is 22.0 Å². The van der Waals surface area contributed by atoms with Crippen LogP contribution in [0.2, 0.25) is 0 Å². The zero-order chi connectivity index (χ0) is 22.2. The zero-order valence-corrected chi connectivity index (χ0v) is 16.7. The highest BCUT2D eigenvalue weighted by atomic mass is 19.4. The van der Waals surface area contributed by atoms with E-state index in [0.717, 1.165) is 24.6 Å². The Bertz CT molecular complexity index is 988. The molecule has 0 aromatic carbocycles. The smallest absolute Gasteiger partial charge is 0.351 e. The van der Waals surface area contributed by atoms with Crippen molar-refractivity contribution in [3.8, 4) is 11.5 Å². The number of rotatable bonds is 5. The molecule has 2 N–H and O–H groups in total. The van der Waals surface area contributed by atoms with Crippen molar-refractivity contribution in [2.24, 2.45) is 0 Å². The van der Waals surface area contributed by atoms with Gasteiger partial charge in [0.15, 0.2) is 5.82 Å². The number of alkyl halides is 5. The molecule has 11 heteroatoms. The second-order valence-corrected chi connectivity index (χ2v) is 7.84. The summed E-state index contributed by atoms with van der Waals surface area (Å²) in [7, 11) is 0. The van der Waals surface area contributed by atoms with Crippen LogP contribution in [0.25, 0.3) is 11.5 Å². The number of pyridine rings is 1. The minimum Gasteiger partial charge on any atom is -0.351 e. The van der Waals surface area contributed by atoms with Crippen molar-refractivity contribution in [1.82, 2.24) is 19.9 Å². The van der Waals surface area contributed by atoms with Gasteiger partial charge in [0.05, 0.1) is 0 Å². The number of allylic oxidation sites excluding steroid dienone is 2. The number of halogens is 5. The molecule has 0 saturated heterocycles. The van der Waals surface area contributed by atoms with Crippen LogP contribution in [-0.4, -0.2) is 31.9 Å². The molecule has 31 heavy (non-hydrogen) atoms. The van der Waals surface area contributed by atoms with Crippen LogP contribution in [0.15, 0.2) is 29.5 Å². The molecule has 6 nitrogen and oxygen atoms in total. The Morgan fingerprint density at radius 1 is 1.00 bits per heavy atom. The molecule has 0 radical (unpaired) electrons. The first kappa shape index (κ1) is 21.4.